The molecule has 0 spiro atoms. The number of rotatable bonds is 4. The highest BCUT2D eigenvalue weighted by Gasteiger charge is 2.42. The lowest BCUT2D eigenvalue weighted by atomic mass is 9.86. The highest BCUT2D eigenvalue weighted by molar-refractivity contribution is 5.84. The minimum absolute atomic E-state index is 0.0971. The molecule has 27 heavy (non-hydrogen) atoms. The summed E-state index contributed by atoms with van der Waals surface area (Å²) >= 11 is 0. The summed E-state index contributed by atoms with van der Waals surface area (Å²) in [5.74, 6) is -0.430. The lowest BCUT2D eigenvalue weighted by molar-refractivity contribution is -0.149. The Morgan fingerprint density at radius 3 is 2.85 bits per heavy atom. The molecule has 0 unspecified atom stereocenters. The molecule has 146 valence electrons. The first-order chi connectivity index (χ1) is 12.7. The van der Waals surface area contributed by atoms with Crippen molar-refractivity contribution in [2.45, 2.75) is 58.7 Å². The van der Waals surface area contributed by atoms with Crippen LogP contribution in [0.2, 0.25) is 0 Å². The summed E-state index contributed by atoms with van der Waals surface area (Å²) in [6.45, 7) is 7.80. The number of amides is 1. The quantitative estimate of drug-likeness (QED) is 0.800. The number of aromatic amines is 1. The van der Waals surface area contributed by atoms with Crippen molar-refractivity contribution < 1.29 is 14.3 Å². The van der Waals surface area contributed by atoms with Gasteiger partial charge in [-0.3, -0.25) is 9.59 Å². The van der Waals surface area contributed by atoms with Crippen molar-refractivity contribution in [3.05, 3.63) is 30.1 Å². The van der Waals surface area contributed by atoms with Crippen LogP contribution in [-0.4, -0.2) is 51.5 Å². The standard InChI is InChI=1S/C20H28N4O3/c1-12(25)27-16-7-9-24(19(26)17(21)20(2,3)4)15(16)10-13-11-23-18-14(13)6-5-8-22-18/h5-6,8,11,15-17H,7,9-10,21H2,1-4H3,(H,22,23)/t15-,16+,17-/m1/s1. The van der Waals surface area contributed by atoms with E-state index in [0.717, 1.165) is 16.6 Å². The van der Waals surface area contributed by atoms with Crippen molar-refractivity contribution >= 4 is 22.9 Å². The molecule has 0 aliphatic carbocycles. The summed E-state index contributed by atoms with van der Waals surface area (Å²) in [4.78, 5) is 33.9. The maximum atomic E-state index is 13.1. The lowest BCUT2D eigenvalue weighted by Gasteiger charge is -2.34. The van der Waals surface area contributed by atoms with E-state index in [0.29, 0.717) is 19.4 Å². The van der Waals surface area contributed by atoms with Crippen LogP contribution in [0.25, 0.3) is 11.0 Å². The molecule has 0 bridgehead atoms. The van der Waals surface area contributed by atoms with E-state index in [2.05, 4.69) is 9.97 Å². The van der Waals surface area contributed by atoms with Crippen molar-refractivity contribution in [2.75, 3.05) is 6.54 Å². The van der Waals surface area contributed by atoms with E-state index in [1.165, 1.54) is 6.92 Å². The number of carbonyl (C=O) groups excluding carboxylic acids is 2. The first kappa shape index (κ1) is 19.4. The van der Waals surface area contributed by atoms with E-state index in [1.54, 1.807) is 11.1 Å². The number of carbonyl (C=O) groups is 2. The van der Waals surface area contributed by atoms with Gasteiger partial charge in [0.05, 0.1) is 12.1 Å². The Hall–Kier alpha value is -2.41. The lowest BCUT2D eigenvalue weighted by Crippen LogP contribution is -2.53. The minimum atomic E-state index is -0.610. The molecule has 2 aromatic heterocycles. The molecule has 3 N–H and O–H groups in total. The fraction of sp³-hybridized carbons (Fsp3) is 0.550. The summed E-state index contributed by atoms with van der Waals surface area (Å²) in [7, 11) is 0. The summed E-state index contributed by atoms with van der Waals surface area (Å²) in [6, 6.07) is 3.03. The third kappa shape index (κ3) is 3.98. The Morgan fingerprint density at radius 2 is 2.19 bits per heavy atom. The molecule has 2 aromatic rings. The predicted octanol–water partition coefficient (Wildman–Crippen LogP) is 2.01. The molecular weight excluding hydrogens is 344 g/mol. The molecule has 7 heteroatoms. The molecule has 7 nitrogen and oxygen atoms in total. The fourth-order valence-electron chi connectivity index (χ4n) is 3.65. The van der Waals surface area contributed by atoms with Gasteiger partial charge in [-0.25, -0.2) is 4.98 Å². The van der Waals surface area contributed by atoms with Crippen molar-refractivity contribution in [3.8, 4) is 0 Å². The highest BCUT2D eigenvalue weighted by Crippen LogP contribution is 2.30. The van der Waals surface area contributed by atoms with Crippen molar-refractivity contribution in [2.24, 2.45) is 11.1 Å². The normalized spacial score (nSPS) is 21.4. The number of H-pyrrole nitrogens is 1. The van der Waals surface area contributed by atoms with E-state index in [-0.39, 0.29) is 29.4 Å². The number of ether oxygens (including phenoxy) is 1. The molecule has 0 saturated carbocycles. The van der Waals surface area contributed by atoms with Gasteiger partial charge < -0.3 is 20.4 Å². The summed E-state index contributed by atoms with van der Waals surface area (Å²) < 4.78 is 5.53. The number of likely N-dealkylation sites (tertiary alicyclic amines) is 1. The van der Waals surface area contributed by atoms with E-state index < -0.39 is 6.04 Å². The zero-order chi connectivity index (χ0) is 19.8. The smallest absolute Gasteiger partial charge is 0.302 e. The van der Waals surface area contributed by atoms with E-state index >= 15 is 0 Å². The van der Waals surface area contributed by atoms with Crippen LogP contribution in [0.15, 0.2) is 24.5 Å². The van der Waals surface area contributed by atoms with E-state index in [4.69, 9.17) is 10.5 Å². The monoisotopic (exact) mass is 372 g/mol. The largest absolute Gasteiger partial charge is 0.460 e. The minimum Gasteiger partial charge on any atom is -0.460 e. The third-order valence-electron chi connectivity index (χ3n) is 5.25. The van der Waals surface area contributed by atoms with E-state index in [9.17, 15) is 9.59 Å². The zero-order valence-electron chi connectivity index (χ0n) is 16.4. The Kier molecular flexibility index (Phi) is 5.24. The first-order valence-electron chi connectivity index (χ1n) is 9.32. The predicted molar refractivity (Wildman–Crippen MR) is 103 cm³/mol. The van der Waals surface area contributed by atoms with Gasteiger partial charge in [-0.05, 0) is 29.5 Å². The number of nitrogens with one attached hydrogen (secondary N) is 1. The van der Waals surface area contributed by atoms with Crippen molar-refractivity contribution in [1.82, 2.24) is 14.9 Å². The number of pyridine rings is 1. The number of aromatic nitrogens is 2. The molecule has 1 aliphatic heterocycles. The van der Waals surface area contributed by atoms with Crippen molar-refractivity contribution in [1.29, 1.82) is 0 Å². The van der Waals surface area contributed by atoms with Gasteiger partial charge in [-0.1, -0.05) is 20.8 Å². The topological polar surface area (TPSA) is 101 Å². The van der Waals surface area contributed by atoms with Gasteiger partial charge >= 0.3 is 5.97 Å². The van der Waals surface area contributed by atoms with Crippen LogP contribution < -0.4 is 5.73 Å². The summed E-state index contributed by atoms with van der Waals surface area (Å²) in [5, 5.41) is 1.01. The number of hydrogen-bond donors (Lipinski definition) is 2. The van der Waals surface area contributed by atoms with Crippen LogP contribution in [0.3, 0.4) is 0 Å². The maximum Gasteiger partial charge on any atom is 0.302 e. The first-order valence-corrected chi connectivity index (χ1v) is 9.32. The van der Waals surface area contributed by atoms with Crippen LogP contribution >= 0.6 is 0 Å². The van der Waals surface area contributed by atoms with Crippen LogP contribution in [0.4, 0.5) is 0 Å². The molecule has 3 heterocycles. The Morgan fingerprint density at radius 1 is 1.44 bits per heavy atom. The molecule has 3 atom stereocenters. The number of hydrogen-bond acceptors (Lipinski definition) is 5. The summed E-state index contributed by atoms with van der Waals surface area (Å²) in [5.41, 5.74) is 7.74. The number of fused-ring (bicyclic) bond motifs is 1. The van der Waals surface area contributed by atoms with Gasteiger partial charge in [0.25, 0.3) is 0 Å². The average molecular weight is 372 g/mol. The van der Waals surface area contributed by atoms with Crippen LogP contribution in [0.1, 0.15) is 39.7 Å². The fourth-order valence-corrected chi connectivity index (χ4v) is 3.65. The SMILES string of the molecule is CC(=O)O[C@H]1CCN(C(=O)[C@@H](N)C(C)(C)C)[C@@H]1Cc1c[nH]c2ncccc12. The molecule has 1 fully saturated rings. The Labute approximate surface area is 159 Å². The molecule has 1 saturated heterocycles. The van der Waals surface area contributed by atoms with Gasteiger partial charge in [-0.15, -0.1) is 0 Å². The molecular formula is C20H28N4O3. The second-order valence-corrected chi connectivity index (χ2v) is 8.30. The van der Waals surface area contributed by atoms with Crippen LogP contribution in [-0.2, 0) is 20.7 Å². The third-order valence-corrected chi connectivity index (χ3v) is 5.25. The average Bonchev–Trinajstić information content (AvgIpc) is 3.18. The summed E-state index contributed by atoms with van der Waals surface area (Å²) in [6.07, 6.45) is 4.51. The number of esters is 1. The molecule has 0 radical (unpaired) electrons. The Balaban J connectivity index is 1.89. The van der Waals surface area contributed by atoms with Gasteiger partial charge in [0.15, 0.2) is 0 Å². The van der Waals surface area contributed by atoms with Crippen LogP contribution in [0, 0.1) is 5.41 Å². The second kappa shape index (κ2) is 7.31. The highest BCUT2D eigenvalue weighted by atomic mass is 16.5. The zero-order valence-corrected chi connectivity index (χ0v) is 16.4. The molecule has 1 aliphatic rings. The maximum absolute atomic E-state index is 13.1. The van der Waals surface area contributed by atoms with Gasteiger partial charge in [0.2, 0.25) is 5.91 Å². The van der Waals surface area contributed by atoms with Crippen molar-refractivity contribution in [3.63, 3.8) is 0 Å². The molecule has 0 aromatic carbocycles. The number of nitrogens with zero attached hydrogens (tertiary/aromatic N) is 2. The van der Waals surface area contributed by atoms with E-state index in [1.807, 2.05) is 39.1 Å². The molecule has 1 amide bonds. The van der Waals surface area contributed by atoms with Gasteiger partial charge in [-0.2, -0.15) is 0 Å². The van der Waals surface area contributed by atoms with Gasteiger partial charge in [0.1, 0.15) is 11.8 Å². The van der Waals surface area contributed by atoms with Crippen LogP contribution in [0.5, 0.6) is 0 Å². The second-order valence-electron chi connectivity index (χ2n) is 8.30. The Bertz CT molecular complexity index is 839. The van der Waals surface area contributed by atoms with Gasteiger partial charge in [0, 0.05) is 37.7 Å². The molecule has 3 rings (SSSR count). The number of nitrogens with two attached hydrogens (primary N) is 1.